The van der Waals surface area contributed by atoms with Crippen LogP contribution in [-0.4, -0.2) is 65.6 Å². The molecule has 0 heterocycles. The Bertz CT molecular complexity index is 467. The number of carbonyl (C=O) groups is 1. The molecule has 0 saturated heterocycles. The van der Waals surface area contributed by atoms with Gasteiger partial charge < -0.3 is 4.74 Å². The Balaban J connectivity index is 4.23. The van der Waals surface area contributed by atoms with Crippen LogP contribution in [0.1, 0.15) is 12.8 Å². The van der Waals surface area contributed by atoms with Crippen molar-refractivity contribution in [2.75, 3.05) is 38.5 Å². The van der Waals surface area contributed by atoms with E-state index in [2.05, 4.69) is 4.74 Å². The van der Waals surface area contributed by atoms with Crippen LogP contribution in [0.4, 0.5) is 0 Å². The third-order valence-corrected chi connectivity index (χ3v) is 5.32. The number of ether oxygens (including phenoxy) is 1. The molecule has 0 aliphatic heterocycles. The fourth-order valence-corrected chi connectivity index (χ4v) is 3.87. The maximum atomic E-state index is 11.7. The van der Waals surface area contributed by atoms with Crippen molar-refractivity contribution < 1.29 is 26.4 Å². The summed E-state index contributed by atoms with van der Waals surface area (Å²) >= 11 is 0. The van der Waals surface area contributed by atoms with Crippen LogP contribution < -0.4 is 0 Å². The quantitative estimate of drug-likeness (QED) is 0.547. The van der Waals surface area contributed by atoms with Gasteiger partial charge in [-0.1, -0.05) is 0 Å². The lowest BCUT2D eigenvalue weighted by atomic mass is 10.3. The second-order valence-electron chi connectivity index (χ2n) is 3.95. The van der Waals surface area contributed by atoms with Gasteiger partial charge in [-0.15, -0.1) is 0 Å². The predicted molar refractivity (Wildman–Crippen MR) is 67.4 cm³/mol. The molecule has 7 nitrogen and oxygen atoms in total. The lowest BCUT2D eigenvalue weighted by Gasteiger charge is -2.16. The Hall–Kier alpha value is -0.670. The summed E-state index contributed by atoms with van der Waals surface area (Å²) in [5, 5.41) is 0. The summed E-state index contributed by atoms with van der Waals surface area (Å²) in [6.07, 6.45) is 1.45. The third-order valence-electron chi connectivity index (χ3n) is 2.27. The van der Waals surface area contributed by atoms with Crippen LogP contribution in [0.5, 0.6) is 0 Å². The van der Waals surface area contributed by atoms with E-state index in [4.69, 9.17) is 0 Å². The minimum absolute atomic E-state index is 0.127. The molecule has 108 valence electrons. The van der Waals surface area contributed by atoms with Gasteiger partial charge in [-0.3, -0.25) is 4.79 Å². The molecule has 0 aliphatic rings. The number of hydrogen-bond donors (Lipinski definition) is 0. The van der Waals surface area contributed by atoms with Gasteiger partial charge in [0.25, 0.3) is 0 Å². The van der Waals surface area contributed by atoms with Gasteiger partial charge in [0.2, 0.25) is 10.0 Å². The Morgan fingerprint density at radius 1 is 1.17 bits per heavy atom. The van der Waals surface area contributed by atoms with Crippen molar-refractivity contribution in [1.82, 2.24) is 4.31 Å². The first-order chi connectivity index (χ1) is 8.08. The molecular weight excluding hydrogens is 282 g/mol. The molecule has 0 saturated carbocycles. The molecule has 0 spiro atoms. The molecular formula is C9H19NO6S2. The number of hydrogen-bond acceptors (Lipinski definition) is 6. The molecule has 0 radical (unpaired) electrons. The van der Waals surface area contributed by atoms with Crippen molar-refractivity contribution >= 4 is 25.8 Å². The minimum atomic E-state index is -3.60. The summed E-state index contributed by atoms with van der Waals surface area (Å²) in [4.78, 5) is 10.8. The van der Waals surface area contributed by atoms with E-state index in [0.717, 1.165) is 10.6 Å². The number of sulfonamides is 1. The van der Waals surface area contributed by atoms with E-state index in [1.54, 1.807) is 0 Å². The first-order valence-electron chi connectivity index (χ1n) is 5.27. The average molecular weight is 301 g/mol. The van der Waals surface area contributed by atoms with Gasteiger partial charge in [-0.25, -0.2) is 21.1 Å². The van der Waals surface area contributed by atoms with Crippen LogP contribution in [0.15, 0.2) is 0 Å². The molecule has 9 heteroatoms. The zero-order chi connectivity index (χ0) is 14.4. The molecule has 0 bridgehead atoms. The predicted octanol–water partition coefficient (Wildman–Crippen LogP) is -0.754. The summed E-state index contributed by atoms with van der Waals surface area (Å²) in [6, 6.07) is 0. The SMILES string of the molecule is COC(=O)CCCN(C)S(=O)(=O)CCS(C)(=O)=O. The zero-order valence-electron chi connectivity index (χ0n) is 10.7. The number of carbonyl (C=O) groups excluding carboxylic acids is 1. The van der Waals surface area contributed by atoms with E-state index in [-0.39, 0.29) is 13.0 Å². The maximum Gasteiger partial charge on any atom is 0.305 e. The standard InChI is InChI=1S/C9H19NO6S2/c1-10(6-4-5-9(11)16-2)18(14,15)8-7-17(3,12)13/h4-8H2,1-3H3. The number of methoxy groups -OCH3 is 1. The van der Waals surface area contributed by atoms with E-state index in [9.17, 15) is 21.6 Å². The van der Waals surface area contributed by atoms with Crippen LogP contribution in [-0.2, 0) is 29.4 Å². The van der Waals surface area contributed by atoms with Gasteiger partial charge in [0.05, 0.1) is 18.6 Å². The zero-order valence-corrected chi connectivity index (χ0v) is 12.4. The minimum Gasteiger partial charge on any atom is -0.469 e. The molecule has 0 N–H and O–H groups in total. The summed E-state index contributed by atoms with van der Waals surface area (Å²) in [7, 11) is -4.29. The van der Waals surface area contributed by atoms with Crippen molar-refractivity contribution in [3.8, 4) is 0 Å². The highest BCUT2D eigenvalue weighted by atomic mass is 32.2. The molecule has 18 heavy (non-hydrogen) atoms. The van der Waals surface area contributed by atoms with E-state index in [0.29, 0.717) is 6.42 Å². The van der Waals surface area contributed by atoms with Crippen LogP contribution in [0, 0.1) is 0 Å². The number of esters is 1. The first kappa shape index (κ1) is 17.3. The largest absolute Gasteiger partial charge is 0.469 e. The molecule has 0 amide bonds. The topological polar surface area (TPSA) is 97.8 Å². The number of sulfone groups is 1. The van der Waals surface area contributed by atoms with Gasteiger partial charge in [0.15, 0.2) is 0 Å². The van der Waals surface area contributed by atoms with Crippen molar-refractivity contribution in [1.29, 1.82) is 0 Å². The monoisotopic (exact) mass is 301 g/mol. The summed E-state index contributed by atoms with van der Waals surface area (Å²) in [5.74, 6) is -1.26. The van der Waals surface area contributed by atoms with E-state index in [1.807, 2.05) is 0 Å². The van der Waals surface area contributed by atoms with Gasteiger partial charge in [-0.05, 0) is 6.42 Å². The second-order valence-corrected chi connectivity index (χ2v) is 8.40. The van der Waals surface area contributed by atoms with Crippen molar-refractivity contribution in [2.24, 2.45) is 0 Å². The lowest BCUT2D eigenvalue weighted by molar-refractivity contribution is -0.140. The van der Waals surface area contributed by atoms with Crippen molar-refractivity contribution in [3.63, 3.8) is 0 Å². The Kier molecular flexibility index (Phi) is 6.79. The summed E-state index contributed by atoms with van der Waals surface area (Å²) < 4.78 is 50.6. The van der Waals surface area contributed by atoms with Crippen LogP contribution in [0.3, 0.4) is 0 Å². The molecule has 0 aromatic carbocycles. The number of rotatable bonds is 8. The fourth-order valence-electron chi connectivity index (χ4n) is 1.10. The van der Waals surface area contributed by atoms with Crippen molar-refractivity contribution in [2.45, 2.75) is 12.8 Å². The van der Waals surface area contributed by atoms with Crippen LogP contribution >= 0.6 is 0 Å². The molecule has 0 rings (SSSR count). The number of nitrogens with zero attached hydrogens (tertiary/aromatic N) is 1. The van der Waals surface area contributed by atoms with Crippen LogP contribution in [0.25, 0.3) is 0 Å². The summed E-state index contributed by atoms with van der Waals surface area (Å²) in [5.41, 5.74) is 0. The Morgan fingerprint density at radius 3 is 2.17 bits per heavy atom. The van der Waals surface area contributed by atoms with Gasteiger partial charge in [0.1, 0.15) is 9.84 Å². The molecule has 0 aromatic heterocycles. The normalized spacial score (nSPS) is 12.7. The molecule has 0 aliphatic carbocycles. The van der Waals surface area contributed by atoms with Crippen molar-refractivity contribution in [3.05, 3.63) is 0 Å². The Labute approximate surface area is 108 Å². The smallest absolute Gasteiger partial charge is 0.305 e. The van der Waals surface area contributed by atoms with Gasteiger partial charge in [0, 0.05) is 26.3 Å². The molecule has 0 fully saturated rings. The molecule has 0 atom stereocenters. The lowest BCUT2D eigenvalue weighted by Crippen LogP contribution is -2.32. The molecule has 0 aromatic rings. The molecule has 0 unspecified atom stereocenters. The highest BCUT2D eigenvalue weighted by Gasteiger charge is 2.20. The fraction of sp³-hybridized carbons (Fsp3) is 0.889. The third kappa shape index (κ3) is 7.62. The van der Waals surface area contributed by atoms with E-state index >= 15 is 0 Å². The van der Waals surface area contributed by atoms with Crippen LogP contribution in [0.2, 0.25) is 0 Å². The average Bonchev–Trinajstić information content (AvgIpc) is 2.25. The van der Waals surface area contributed by atoms with Gasteiger partial charge in [-0.2, -0.15) is 0 Å². The van der Waals surface area contributed by atoms with E-state index in [1.165, 1.54) is 14.2 Å². The highest BCUT2D eigenvalue weighted by Crippen LogP contribution is 2.03. The summed E-state index contributed by atoms with van der Waals surface area (Å²) in [6.45, 7) is 0.154. The van der Waals surface area contributed by atoms with Gasteiger partial charge >= 0.3 is 5.97 Å². The van der Waals surface area contributed by atoms with E-state index < -0.39 is 37.3 Å². The first-order valence-corrected chi connectivity index (χ1v) is 8.94. The second kappa shape index (κ2) is 7.05. The Morgan fingerprint density at radius 2 is 1.72 bits per heavy atom. The maximum absolute atomic E-state index is 11.7. The highest BCUT2D eigenvalue weighted by molar-refractivity contribution is 7.93.